The number of aromatic nitrogens is 3. The normalized spacial score (nSPS) is 17.7. The second kappa shape index (κ2) is 7.90. The molecule has 1 aliphatic heterocycles. The van der Waals surface area contributed by atoms with Crippen molar-refractivity contribution in [2.24, 2.45) is 0 Å². The number of likely N-dealkylation sites (N-methyl/N-ethyl adjacent to an activating group) is 1. The number of imidazole rings is 1. The van der Waals surface area contributed by atoms with Gasteiger partial charge in [-0.3, -0.25) is 4.79 Å². The van der Waals surface area contributed by atoms with E-state index < -0.39 is 17.5 Å². The van der Waals surface area contributed by atoms with Gasteiger partial charge in [0.05, 0.1) is 6.20 Å². The van der Waals surface area contributed by atoms with Crippen molar-refractivity contribution < 1.29 is 13.6 Å². The van der Waals surface area contributed by atoms with Crippen molar-refractivity contribution in [2.75, 3.05) is 33.7 Å². The minimum Gasteiger partial charge on any atom is -0.336 e. The lowest BCUT2D eigenvalue weighted by atomic mass is 9.96. The van der Waals surface area contributed by atoms with Crippen LogP contribution in [0.3, 0.4) is 0 Å². The molecular formula is C18H23F2N5O. The topological polar surface area (TPSA) is 54.3 Å². The average Bonchev–Trinajstić information content (AvgIpc) is 3.08. The van der Waals surface area contributed by atoms with E-state index in [0.717, 1.165) is 38.0 Å². The molecule has 0 N–H and O–H groups in total. The molecule has 140 valence electrons. The summed E-state index contributed by atoms with van der Waals surface area (Å²) in [6.07, 6.45) is 6.31. The van der Waals surface area contributed by atoms with Gasteiger partial charge in [0.1, 0.15) is 11.6 Å². The van der Waals surface area contributed by atoms with Crippen molar-refractivity contribution in [3.05, 3.63) is 47.8 Å². The predicted molar refractivity (Wildman–Crippen MR) is 92.8 cm³/mol. The lowest BCUT2D eigenvalue weighted by Gasteiger charge is -2.32. The van der Waals surface area contributed by atoms with Crippen LogP contribution >= 0.6 is 0 Å². The number of nitrogens with zero attached hydrogens (tertiary/aromatic N) is 5. The maximum absolute atomic E-state index is 13.9. The highest BCUT2D eigenvalue weighted by molar-refractivity contribution is 5.92. The van der Waals surface area contributed by atoms with Gasteiger partial charge in [-0.25, -0.2) is 18.7 Å². The third-order valence-corrected chi connectivity index (χ3v) is 4.62. The van der Waals surface area contributed by atoms with Crippen LogP contribution < -0.4 is 0 Å². The number of likely N-dealkylation sites (tertiary alicyclic amines) is 1. The van der Waals surface area contributed by atoms with E-state index >= 15 is 0 Å². The number of rotatable bonds is 5. The van der Waals surface area contributed by atoms with Gasteiger partial charge >= 0.3 is 0 Å². The first-order chi connectivity index (χ1) is 12.5. The molecule has 1 atom stereocenters. The zero-order valence-corrected chi connectivity index (χ0v) is 15.0. The van der Waals surface area contributed by atoms with Gasteiger partial charge in [0, 0.05) is 50.6 Å². The van der Waals surface area contributed by atoms with Crippen LogP contribution in [0.4, 0.5) is 8.78 Å². The molecule has 1 fully saturated rings. The molecule has 3 heterocycles. The van der Waals surface area contributed by atoms with Gasteiger partial charge in [-0.1, -0.05) is 0 Å². The Kier molecular flexibility index (Phi) is 5.61. The summed E-state index contributed by atoms with van der Waals surface area (Å²) in [5.74, 6) is -1.19. The second-order valence-corrected chi connectivity index (χ2v) is 6.86. The van der Waals surface area contributed by atoms with E-state index in [2.05, 4.69) is 19.4 Å². The number of carbonyl (C=O) groups is 1. The lowest BCUT2D eigenvalue weighted by molar-refractivity contribution is 0.0691. The highest BCUT2D eigenvalue weighted by Crippen LogP contribution is 2.27. The fraction of sp³-hybridized carbons (Fsp3) is 0.500. The Bertz CT molecular complexity index is 777. The van der Waals surface area contributed by atoms with Crippen molar-refractivity contribution in [1.82, 2.24) is 24.3 Å². The molecule has 0 radical (unpaired) electrons. The van der Waals surface area contributed by atoms with E-state index in [9.17, 15) is 13.6 Å². The van der Waals surface area contributed by atoms with E-state index in [0.29, 0.717) is 19.2 Å². The lowest BCUT2D eigenvalue weighted by Crippen LogP contribution is -2.40. The van der Waals surface area contributed by atoms with Crippen LogP contribution in [0, 0.1) is 11.6 Å². The van der Waals surface area contributed by atoms with Crippen molar-refractivity contribution in [3.8, 4) is 0 Å². The zero-order chi connectivity index (χ0) is 18.7. The largest absolute Gasteiger partial charge is 0.336 e. The summed E-state index contributed by atoms with van der Waals surface area (Å²) in [6.45, 7) is 2.70. The quantitative estimate of drug-likeness (QED) is 0.817. The molecule has 0 unspecified atom stereocenters. The van der Waals surface area contributed by atoms with E-state index in [1.165, 1.54) is 0 Å². The van der Waals surface area contributed by atoms with Crippen molar-refractivity contribution in [1.29, 1.82) is 0 Å². The summed E-state index contributed by atoms with van der Waals surface area (Å²) >= 11 is 0. The van der Waals surface area contributed by atoms with Crippen LogP contribution in [0.15, 0.2) is 24.7 Å². The first kappa shape index (κ1) is 18.4. The molecule has 1 saturated heterocycles. The Balaban J connectivity index is 1.73. The summed E-state index contributed by atoms with van der Waals surface area (Å²) in [6, 6.07) is 0.690. The third kappa shape index (κ3) is 4.07. The van der Waals surface area contributed by atoms with Crippen LogP contribution in [0.1, 0.15) is 35.1 Å². The SMILES string of the molecule is CN(C)CCn1ccnc1[C@@H]1CCCN(C(=O)c2ncc(F)cc2F)C1. The Morgan fingerprint density at radius 2 is 2.15 bits per heavy atom. The Morgan fingerprint density at radius 3 is 2.88 bits per heavy atom. The van der Waals surface area contributed by atoms with Gasteiger partial charge in [-0.05, 0) is 26.9 Å². The number of amides is 1. The number of piperidine rings is 1. The van der Waals surface area contributed by atoms with Crippen molar-refractivity contribution in [2.45, 2.75) is 25.3 Å². The van der Waals surface area contributed by atoms with E-state index in [1.54, 1.807) is 11.1 Å². The average molecular weight is 363 g/mol. The Morgan fingerprint density at radius 1 is 1.35 bits per heavy atom. The van der Waals surface area contributed by atoms with Gasteiger partial charge in [0.2, 0.25) is 0 Å². The van der Waals surface area contributed by atoms with Gasteiger partial charge in [0.25, 0.3) is 5.91 Å². The number of hydrogen-bond donors (Lipinski definition) is 0. The first-order valence-corrected chi connectivity index (χ1v) is 8.71. The van der Waals surface area contributed by atoms with E-state index in [1.807, 2.05) is 20.3 Å². The molecule has 0 saturated carbocycles. The second-order valence-electron chi connectivity index (χ2n) is 6.86. The van der Waals surface area contributed by atoms with Crippen molar-refractivity contribution >= 4 is 5.91 Å². The molecule has 3 rings (SSSR count). The monoisotopic (exact) mass is 363 g/mol. The summed E-state index contributed by atoms with van der Waals surface area (Å²) in [5.41, 5.74) is -0.331. The fourth-order valence-corrected chi connectivity index (χ4v) is 3.27. The molecule has 0 spiro atoms. The molecule has 1 amide bonds. The molecular weight excluding hydrogens is 340 g/mol. The molecule has 0 aliphatic carbocycles. The van der Waals surface area contributed by atoms with Gasteiger partial charge < -0.3 is 14.4 Å². The van der Waals surface area contributed by atoms with Gasteiger partial charge in [0.15, 0.2) is 11.5 Å². The standard InChI is InChI=1S/C18H23F2N5O/c1-23(2)8-9-24-7-5-21-17(24)13-4-3-6-25(12-13)18(26)16-15(20)10-14(19)11-22-16/h5,7,10-11,13H,3-4,6,8-9,12H2,1-2H3/t13-/m1/s1. The van der Waals surface area contributed by atoms with Gasteiger partial charge in [-0.2, -0.15) is 0 Å². The summed E-state index contributed by atoms with van der Waals surface area (Å²) in [4.78, 5) is 24.4. The maximum Gasteiger partial charge on any atom is 0.275 e. The van der Waals surface area contributed by atoms with E-state index in [4.69, 9.17) is 0 Å². The summed E-state index contributed by atoms with van der Waals surface area (Å²) in [7, 11) is 4.03. The van der Waals surface area contributed by atoms with Gasteiger partial charge in [-0.15, -0.1) is 0 Å². The highest BCUT2D eigenvalue weighted by atomic mass is 19.1. The smallest absolute Gasteiger partial charge is 0.275 e. The number of hydrogen-bond acceptors (Lipinski definition) is 4. The minimum absolute atomic E-state index is 0.0911. The summed E-state index contributed by atoms with van der Waals surface area (Å²) < 4.78 is 29.0. The highest BCUT2D eigenvalue weighted by Gasteiger charge is 2.29. The predicted octanol–water partition coefficient (Wildman–Crippen LogP) is 2.14. The van der Waals surface area contributed by atoms with Crippen molar-refractivity contribution in [3.63, 3.8) is 0 Å². The molecule has 0 bridgehead atoms. The molecule has 26 heavy (non-hydrogen) atoms. The molecule has 8 heteroatoms. The maximum atomic E-state index is 13.9. The number of pyridine rings is 1. The molecule has 1 aliphatic rings. The fourth-order valence-electron chi connectivity index (χ4n) is 3.27. The number of halogens is 2. The first-order valence-electron chi connectivity index (χ1n) is 8.71. The molecule has 2 aromatic heterocycles. The van der Waals surface area contributed by atoms with Crippen LogP contribution in [-0.4, -0.2) is 64.0 Å². The Labute approximate surface area is 151 Å². The molecule has 2 aromatic rings. The summed E-state index contributed by atoms with van der Waals surface area (Å²) in [5, 5.41) is 0. The molecule has 0 aromatic carbocycles. The zero-order valence-electron chi connectivity index (χ0n) is 15.0. The van der Waals surface area contributed by atoms with Crippen LogP contribution in [0.25, 0.3) is 0 Å². The van der Waals surface area contributed by atoms with Crippen LogP contribution in [0.2, 0.25) is 0 Å². The number of carbonyl (C=O) groups excluding carboxylic acids is 1. The molecule has 6 nitrogen and oxygen atoms in total. The minimum atomic E-state index is -0.926. The van der Waals surface area contributed by atoms with E-state index in [-0.39, 0.29) is 11.6 Å². The van der Waals surface area contributed by atoms with Crippen LogP contribution in [-0.2, 0) is 6.54 Å². The van der Waals surface area contributed by atoms with Crippen LogP contribution in [0.5, 0.6) is 0 Å². The Hall–Kier alpha value is -2.35. The third-order valence-electron chi connectivity index (χ3n) is 4.62.